The van der Waals surface area contributed by atoms with Crippen LogP contribution in [-0.2, 0) is 11.3 Å². The summed E-state index contributed by atoms with van der Waals surface area (Å²) >= 11 is 0. The summed E-state index contributed by atoms with van der Waals surface area (Å²) in [6, 6.07) is 4.21. The number of nitrogens with zero attached hydrogens (tertiary/aromatic N) is 2. The molecular formula is C20H23N3O5. The first-order chi connectivity index (χ1) is 13.2. The van der Waals surface area contributed by atoms with Gasteiger partial charge in [0.05, 0.1) is 17.1 Å². The van der Waals surface area contributed by atoms with E-state index in [2.05, 4.69) is 11.9 Å². The fourth-order valence-corrected chi connectivity index (χ4v) is 3.14. The van der Waals surface area contributed by atoms with E-state index in [0.717, 1.165) is 0 Å². The van der Waals surface area contributed by atoms with E-state index in [1.165, 1.54) is 18.2 Å². The highest BCUT2D eigenvalue weighted by Gasteiger charge is 2.27. The SMILES string of the molecule is C=CCn1c(C)c(C(=O)Nc2ccc([N+](=O)[O-])cc2C)c(C)c1C(=O)OCC. The molecule has 0 aliphatic rings. The first-order valence-electron chi connectivity index (χ1n) is 8.76. The van der Waals surface area contributed by atoms with Crippen molar-refractivity contribution in [3.63, 3.8) is 0 Å². The maximum absolute atomic E-state index is 12.9. The smallest absolute Gasteiger partial charge is 0.355 e. The highest BCUT2D eigenvalue weighted by Crippen LogP contribution is 2.26. The molecule has 28 heavy (non-hydrogen) atoms. The van der Waals surface area contributed by atoms with Crippen molar-refractivity contribution in [1.82, 2.24) is 4.57 Å². The van der Waals surface area contributed by atoms with Crippen molar-refractivity contribution in [2.75, 3.05) is 11.9 Å². The zero-order valence-electron chi connectivity index (χ0n) is 16.4. The van der Waals surface area contributed by atoms with Crippen molar-refractivity contribution >= 4 is 23.3 Å². The Morgan fingerprint density at radius 2 is 2.00 bits per heavy atom. The lowest BCUT2D eigenvalue weighted by atomic mass is 10.1. The number of amides is 1. The average molecular weight is 385 g/mol. The molecule has 0 radical (unpaired) electrons. The number of hydrogen-bond donors (Lipinski definition) is 1. The lowest BCUT2D eigenvalue weighted by molar-refractivity contribution is -0.384. The van der Waals surface area contributed by atoms with Crippen LogP contribution in [0.3, 0.4) is 0 Å². The Morgan fingerprint density at radius 3 is 2.54 bits per heavy atom. The minimum absolute atomic E-state index is 0.0513. The van der Waals surface area contributed by atoms with E-state index in [4.69, 9.17) is 4.74 Å². The molecule has 0 fully saturated rings. The Bertz CT molecular complexity index is 959. The van der Waals surface area contributed by atoms with Gasteiger partial charge in [0.25, 0.3) is 11.6 Å². The number of carbonyl (C=O) groups is 2. The van der Waals surface area contributed by atoms with Crippen LogP contribution >= 0.6 is 0 Å². The second-order valence-corrected chi connectivity index (χ2v) is 6.26. The molecule has 0 aliphatic heterocycles. The zero-order chi connectivity index (χ0) is 21.0. The number of anilines is 1. The van der Waals surface area contributed by atoms with Crippen LogP contribution in [0.5, 0.6) is 0 Å². The van der Waals surface area contributed by atoms with Crippen molar-refractivity contribution in [1.29, 1.82) is 0 Å². The standard InChI is InChI=1S/C20H23N3O5/c1-6-10-22-14(5)17(13(4)18(22)20(25)28-7-2)19(24)21-16-9-8-15(23(26)27)11-12(16)3/h6,8-9,11H,1,7,10H2,2-5H3,(H,21,24). The molecule has 8 heteroatoms. The van der Waals surface area contributed by atoms with Gasteiger partial charge in [-0.25, -0.2) is 4.79 Å². The number of nitrogens with one attached hydrogen (secondary N) is 1. The summed E-state index contributed by atoms with van der Waals surface area (Å²) in [5.74, 6) is -0.907. The maximum Gasteiger partial charge on any atom is 0.355 e. The van der Waals surface area contributed by atoms with Crippen molar-refractivity contribution in [2.24, 2.45) is 0 Å². The number of non-ortho nitro benzene ring substituents is 1. The Balaban J connectivity index is 2.45. The number of ether oxygens (including phenoxy) is 1. The number of aryl methyl sites for hydroxylation is 1. The Morgan fingerprint density at radius 1 is 1.32 bits per heavy atom. The molecule has 0 aliphatic carbocycles. The van der Waals surface area contributed by atoms with Crippen LogP contribution in [-0.4, -0.2) is 28.0 Å². The molecule has 148 valence electrons. The minimum atomic E-state index is -0.504. The first kappa shape index (κ1) is 20.9. The molecule has 0 bridgehead atoms. The number of allylic oxidation sites excluding steroid dienone is 1. The van der Waals surface area contributed by atoms with E-state index in [9.17, 15) is 19.7 Å². The minimum Gasteiger partial charge on any atom is -0.461 e. The average Bonchev–Trinajstić information content (AvgIpc) is 2.87. The second kappa shape index (κ2) is 8.51. The zero-order valence-corrected chi connectivity index (χ0v) is 16.4. The topological polar surface area (TPSA) is 103 Å². The van der Waals surface area contributed by atoms with Gasteiger partial charge in [-0.3, -0.25) is 14.9 Å². The van der Waals surface area contributed by atoms with Gasteiger partial charge in [0, 0.05) is 30.1 Å². The molecule has 1 amide bonds. The quantitative estimate of drug-likeness (QED) is 0.336. The van der Waals surface area contributed by atoms with E-state index >= 15 is 0 Å². The van der Waals surface area contributed by atoms with Gasteiger partial charge >= 0.3 is 5.97 Å². The van der Waals surface area contributed by atoms with E-state index in [-0.39, 0.29) is 12.3 Å². The van der Waals surface area contributed by atoms with Gasteiger partial charge < -0.3 is 14.6 Å². The summed E-state index contributed by atoms with van der Waals surface area (Å²) < 4.78 is 6.82. The predicted molar refractivity (Wildman–Crippen MR) is 106 cm³/mol. The van der Waals surface area contributed by atoms with Crippen LogP contribution in [0.2, 0.25) is 0 Å². The molecule has 1 heterocycles. The summed E-state index contributed by atoms with van der Waals surface area (Å²) in [6.45, 7) is 11.1. The van der Waals surface area contributed by atoms with E-state index in [1.807, 2.05) is 0 Å². The van der Waals surface area contributed by atoms with Crippen molar-refractivity contribution < 1.29 is 19.2 Å². The Hall–Kier alpha value is -3.42. The third-order valence-electron chi connectivity index (χ3n) is 4.44. The Labute approximate surface area is 163 Å². The predicted octanol–water partition coefficient (Wildman–Crippen LogP) is 3.94. The lowest BCUT2D eigenvalue weighted by Gasteiger charge is -2.10. The normalized spacial score (nSPS) is 10.4. The summed E-state index contributed by atoms with van der Waals surface area (Å²) in [5, 5.41) is 13.7. The van der Waals surface area contributed by atoms with Gasteiger partial charge in [-0.05, 0) is 44.9 Å². The van der Waals surface area contributed by atoms with Gasteiger partial charge in [0.15, 0.2) is 0 Å². The first-order valence-corrected chi connectivity index (χ1v) is 8.76. The highest BCUT2D eigenvalue weighted by molar-refractivity contribution is 6.08. The number of carbonyl (C=O) groups excluding carboxylic acids is 2. The number of esters is 1. The van der Waals surface area contributed by atoms with E-state index < -0.39 is 16.8 Å². The van der Waals surface area contributed by atoms with Gasteiger partial charge in [-0.2, -0.15) is 0 Å². The molecule has 0 unspecified atom stereocenters. The number of nitro groups is 1. The van der Waals surface area contributed by atoms with Crippen LogP contribution in [0.15, 0.2) is 30.9 Å². The molecule has 0 saturated heterocycles. The third-order valence-corrected chi connectivity index (χ3v) is 4.44. The summed E-state index contributed by atoms with van der Waals surface area (Å²) in [5.41, 5.74) is 2.77. The fourth-order valence-electron chi connectivity index (χ4n) is 3.14. The monoisotopic (exact) mass is 385 g/mol. The number of nitro benzene ring substituents is 1. The summed E-state index contributed by atoms with van der Waals surface area (Å²) in [7, 11) is 0. The largest absolute Gasteiger partial charge is 0.461 e. The molecule has 0 spiro atoms. The Kier molecular flexibility index (Phi) is 6.35. The summed E-state index contributed by atoms with van der Waals surface area (Å²) in [6.07, 6.45) is 1.64. The number of benzene rings is 1. The third kappa shape index (κ3) is 3.95. The molecule has 1 aromatic heterocycles. The number of aromatic nitrogens is 1. The second-order valence-electron chi connectivity index (χ2n) is 6.26. The van der Waals surface area contributed by atoms with Crippen LogP contribution in [0.4, 0.5) is 11.4 Å². The highest BCUT2D eigenvalue weighted by atomic mass is 16.6. The molecular weight excluding hydrogens is 362 g/mol. The maximum atomic E-state index is 12.9. The molecule has 2 rings (SSSR count). The molecule has 1 aromatic carbocycles. The van der Waals surface area contributed by atoms with E-state index in [1.54, 1.807) is 38.3 Å². The van der Waals surface area contributed by atoms with Crippen LogP contribution in [0.1, 0.15) is 44.6 Å². The van der Waals surface area contributed by atoms with Crippen LogP contribution in [0, 0.1) is 30.9 Å². The van der Waals surface area contributed by atoms with Gasteiger partial charge in [0.1, 0.15) is 5.69 Å². The summed E-state index contributed by atoms with van der Waals surface area (Å²) in [4.78, 5) is 35.7. The van der Waals surface area contributed by atoms with Crippen LogP contribution < -0.4 is 5.32 Å². The van der Waals surface area contributed by atoms with Gasteiger partial charge in [0.2, 0.25) is 0 Å². The number of rotatable bonds is 7. The van der Waals surface area contributed by atoms with Crippen LogP contribution in [0.25, 0.3) is 0 Å². The lowest BCUT2D eigenvalue weighted by Crippen LogP contribution is -2.15. The van der Waals surface area contributed by atoms with Gasteiger partial charge in [-0.15, -0.1) is 6.58 Å². The van der Waals surface area contributed by atoms with Crippen molar-refractivity contribution in [2.45, 2.75) is 34.2 Å². The molecule has 0 atom stereocenters. The molecule has 2 aromatic rings. The van der Waals surface area contributed by atoms with Gasteiger partial charge in [-0.1, -0.05) is 6.08 Å². The van der Waals surface area contributed by atoms with Crippen molar-refractivity contribution in [3.8, 4) is 0 Å². The molecule has 0 saturated carbocycles. The van der Waals surface area contributed by atoms with E-state index in [0.29, 0.717) is 40.3 Å². The molecule has 1 N–H and O–H groups in total. The molecule has 8 nitrogen and oxygen atoms in total. The fraction of sp³-hybridized carbons (Fsp3) is 0.300. The van der Waals surface area contributed by atoms with Crippen molar-refractivity contribution in [3.05, 3.63) is 69.0 Å². The number of hydrogen-bond acceptors (Lipinski definition) is 5.